The number of nitrogens with zero attached hydrogens (tertiary/aromatic N) is 3. The van der Waals surface area contributed by atoms with Crippen molar-refractivity contribution in [1.82, 2.24) is 20.1 Å². The maximum absolute atomic E-state index is 13.8. The van der Waals surface area contributed by atoms with Gasteiger partial charge >= 0.3 is 6.18 Å². The van der Waals surface area contributed by atoms with E-state index in [1.165, 1.54) is 13.2 Å². The molecule has 4 rings (SSSR count). The van der Waals surface area contributed by atoms with Crippen LogP contribution < -0.4 is 15.4 Å². The van der Waals surface area contributed by atoms with E-state index in [4.69, 9.17) is 4.74 Å². The van der Waals surface area contributed by atoms with Crippen molar-refractivity contribution in [3.63, 3.8) is 0 Å². The predicted octanol–water partition coefficient (Wildman–Crippen LogP) is 3.88. The monoisotopic (exact) mass is 431 g/mol. The average Bonchev–Trinajstić information content (AvgIpc) is 3.21. The Kier molecular flexibility index (Phi) is 5.53. The first-order chi connectivity index (χ1) is 14.8. The van der Waals surface area contributed by atoms with Crippen LogP contribution in [0.1, 0.15) is 40.3 Å². The predicted molar refractivity (Wildman–Crippen MR) is 107 cm³/mol. The van der Waals surface area contributed by atoms with Crippen molar-refractivity contribution in [2.75, 3.05) is 12.4 Å². The maximum atomic E-state index is 13.8. The molecule has 0 saturated carbocycles. The van der Waals surface area contributed by atoms with Crippen LogP contribution in [0.15, 0.2) is 54.7 Å². The Labute approximate surface area is 176 Å². The fraction of sp³-hybridized carbons (Fsp3) is 0.286. The summed E-state index contributed by atoms with van der Waals surface area (Å²) in [6.07, 6.45) is -3.20. The van der Waals surface area contributed by atoms with Crippen molar-refractivity contribution in [2.24, 2.45) is 0 Å². The molecule has 3 aromatic rings. The molecule has 3 heterocycles. The molecule has 1 aromatic carbocycles. The van der Waals surface area contributed by atoms with E-state index in [-0.39, 0.29) is 24.5 Å². The van der Waals surface area contributed by atoms with Crippen LogP contribution in [0.4, 0.5) is 19.0 Å². The third-order valence-electron chi connectivity index (χ3n) is 5.07. The van der Waals surface area contributed by atoms with Crippen LogP contribution in [0.25, 0.3) is 0 Å². The second-order valence-corrected chi connectivity index (χ2v) is 7.13. The Morgan fingerprint density at radius 2 is 2.10 bits per heavy atom. The summed E-state index contributed by atoms with van der Waals surface area (Å²) in [5.74, 6) is 0.106. The zero-order valence-corrected chi connectivity index (χ0v) is 16.6. The van der Waals surface area contributed by atoms with Gasteiger partial charge in [-0.05, 0) is 29.8 Å². The highest BCUT2D eigenvalue weighted by Crippen LogP contribution is 2.43. The van der Waals surface area contributed by atoms with Gasteiger partial charge in [-0.15, -0.1) is 0 Å². The molecule has 2 atom stereocenters. The molecule has 2 aromatic heterocycles. The van der Waals surface area contributed by atoms with Crippen LogP contribution in [0.5, 0.6) is 5.75 Å². The second kappa shape index (κ2) is 8.29. The SMILES string of the molecule is COc1cccc([C@H]2C[C@@H](C(F)(F)F)n3nc(C(=O)NCc4ccccn4)cc3N2)c1. The lowest BCUT2D eigenvalue weighted by atomic mass is 9.97. The fourth-order valence-electron chi connectivity index (χ4n) is 3.53. The Hall–Kier alpha value is -3.56. The van der Waals surface area contributed by atoms with Crippen LogP contribution in [-0.2, 0) is 6.54 Å². The topological polar surface area (TPSA) is 81.1 Å². The van der Waals surface area contributed by atoms with Crippen molar-refractivity contribution in [2.45, 2.75) is 31.2 Å². The lowest BCUT2D eigenvalue weighted by Gasteiger charge is -2.33. The third kappa shape index (κ3) is 4.47. The van der Waals surface area contributed by atoms with Gasteiger partial charge in [0.15, 0.2) is 11.7 Å². The van der Waals surface area contributed by atoms with Crippen molar-refractivity contribution >= 4 is 11.7 Å². The molecule has 2 N–H and O–H groups in total. The molecule has 1 aliphatic heterocycles. The number of hydrogen-bond donors (Lipinski definition) is 2. The Bertz CT molecular complexity index is 1070. The summed E-state index contributed by atoms with van der Waals surface area (Å²) in [6.45, 7) is 0.143. The van der Waals surface area contributed by atoms with Gasteiger partial charge in [-0.3, -0.25) is 9.78 Å². The van der Waals surface area contributed by atoms with Gasteiger partial charge in [0, 0.05) is 18.7 Å². The molecule has 0 bridgehead atoms. The lowest BCUT2D eigenvalue weighted by molar-refractivity contribution is -0.173. The fourth-order valence-corrected chi connectivity index (χ4v) is 3.53. The largest absolute Gasteiger partial charge is 0.497 e. The molecule has 0 spiro atoms. The van der Waals surface area contributed by atoms with Gasteiger partial charge in [-0.2, -0.15) is 18.3 Å². The summed E-state index contributed by atoms with van der Waals surface area (Å²) in [5.41, 5.74) is 1.19. The Morgan fingerprint density at radius 1 is 1.26 bits per heavy atom. The van der Waals surface area contributed by atoms with Crippen LogP contribution in [0, 0.1) is 0 Å². The number of hydrogen-bond acceptors (Lipinski definition) is 5. The standard InChI is InChI=1S/C21H20F3N5O2/c1-31-15-7-4-5-13(9-15)16-10-18(21(22,23)24)29-19(27-16)11-17(28-29)20(30)26-12-14-6-2-3-8-25-14/h2-9,11,16,18,27H,10,12H2,1H3,(H,26,30)/t16-,18+/m1/s1. The number of alkyl halides is 3. The van der Waals surface area contributed by atoms with Crippen molar-refractivity contribution in [3.8, 4) is 5.75 Å². The molecule has 162 valence electrons. The number of rotatable bonds is 5. The summed E-state index contributed by atoms with van der Waals surface area (Å²) in [7, 11) is 1.50. The number of anilines is 1. The minimum Gasteiger partial charge on any atom is -0.497 e. The molecule has 0 fully saturated rings. The first kappa shape index (κ1) is 20.7. The number of benzene rings is 1. The highest BCUT2D eigenvalue weighted by Gasteiger charge is 2.46. The molecule has 1 amide bonds. The number of pyridine rings is 1. The molecule has 7 nitrogen and oxygen atoms in total. The van der Waals surface area contributed by atoms with Crippen molar-refractivity contribution < 1.29 is 22.7 Å². The van der Waals surface area contributed by atoms with Crippen LogP contribution >= 0.6 is 0 Å². The number of aromatic nitrogens is 3. The minimum atomic E-state index is -4.53. The van der Waals surface area contributed by atoms with E-state index in [0.717, 1.165) is 4.68 Å². The summed E-state index contributed by atoms with van der Waals surface area (Å²) in [5, 5.41) is 9.65. The average molecular weight is 431 g/mol. The lowest BCUT2D eigenvalue weighted by Crippen LogP contribution is -2.35. The highest BCUT2D eigenvalue weighted by molar-refractivity contribution is 5.93. The number of fused-ring (bicyclic) bond motifs is 1. The van der Waals surface area contributed by atoms with E-state index in [9.17, 15) is 18.0 Å². The number of nitrogens with one attached hydrogen (secondary N) is 2. The minimum absolute atomic E-state index is 0.0982. The van der Waals surface area contributed by atoms with Crippen molar-refractivity contribution in [1.29, 1.82) is 0 Å². The molecule has 31 heavy (non-hydrogen) atoms. The van der Waals surface area contributed by atoms with Gasteiger partial charge in [-0.1, -0.05) is 18.2 Å². The summed E-state index contributed by atoms with van der Waals surface area (Å²) in [6, 6.07) is 11.0. The Morgan fingerprint density at radius 3 is 2.81 bits per heavy atom. The number of amides is 1. The maximum Gasteiger partial charge on any atom is 0.410 e. The molecule has 0 aliphatic carbocycles. The second-order valence-electron chi connectivity index (χ2n) is 7.13. The molecule has 10 heteroatoms. The molecular weight excluding hydrogens is 411 g/mol. The zero-order valence-electron chi connectivity index (χ0n) is 16.6. The summed E-state index contributed by atoms with van der Waals surface area (Å²) >= 11 is 0. The van der Waals surface area contributed by atoms with Gasteiger partial charge in [0.1, 0.15) is 11.6 Å². The zero-order chi connectivity index (χ0) is 22.0. The van der Waals surface area contributed by atoms with Crippen molar-refractivity contribution in [3.05, 3.63) is 71.7 Å². The van der Waals surface area contributed by atoms with E-state index in [2.05, 4.69) is 20.7 Å². The molecule has 0 radical (unpaired) electrons. The normalized spacial score (nSPS) is 18.1. The van der Waals surface area contributed by atoms with E-state index in [1.807, 2.05) is 0 Å². The molecule has 0 saturated heterocycles. The van der Waals surface area contributed by atoms with E-state index in [0.29, 0.717) is 17.0 Å². The van der Waals surface area contributed by atoms with E-state index < -0.39 is 24.2 Å². The van der Waals surface area contributed by atoms with Gasteiger partial charge in [0.2, 0.25) is 0 Å². The van der Waals surface area contributed by atoms with Gasteiger partial charge in [-0.25, -0.2) is 4.68 Å². The summed E-state index contributed by atoms with van der Waals surface area (Å²) < 4.78 is 47.5. The number of ether oxygens (including phenoxy) is 1. The molecule has 0 unspecified atom stereocenters. The number of carbonyl (C=O) groups excluding carboxylic acids is 1. The first-order valence-electron chi connectivity index (χ1n) is 9.60. The molecule has 1 aliphatic rings. The quantitative estimate of drug-likeness (QED) is 0.641. The van der Waals surface area contributed by atoms with Gasteiger partial charge in [0.05, 0.1) is 25.4 Å². The van der Waals surface area contributed by atoms with E-state index in [1.54, 1.807) is 48.7 Å². The van der Waals surface area contributed by atoms with Crippen LogP contribution in [-0.4, -0.2) is 34.0 Å². The number of methoxy groups -OCH3 is 1. The number of halogens is 3. The molecular formula is C21H20F3N5O2. The number of carbonyl (C=O) groups is 1. The van der Waals surface area contributed by atoms with Crippen LogP contribution in [0.3, 0.4) is 0 Å². The van der Waals surface area contributed by atoms with Gasteiger partial charge in [0.25, 0.3) is 5.91 Å². The van der Waals surface area contributed by atoms with Crippen LogP contribution in [0.2, 0.25) is 0 Å². The van der Waals surface area contributed by atoms with E-state index >= 15 is 0 Å². The third-order valence-corrected chi connectivity index (χ3v) is 5.07. The van der Waals surface area contributed by atoms with Gasteiger partial charge < -0.3 is 15.4 Å². The Balaban J connectivity index is 1.59. The highest BCUT2D eigenvalue weighted by atomic mass is 19.4. The summed E-state index contributed by atoms with van der Waals surface area (Å²) in [4.78, 5) is 16.6. The first-order valence-corrected chi connectivity index (χ1v) is 9.60. The smallest absolute Gasteiger partial charge is 0.410 e.